The molecule has 0 aromatic heterocycles. The maximum Gasteiger partial charge on any atom is 0.0156 e. The van der Waals surface area contributed by atoms with Crippen LogP contribution in [-0.2, 0) is 0 Å². The second-order valence-electron chi connectivity index (χ2n) is 5.79. The minimum absolute atomic E-state index is 0.429. The summed E-state index contributed by atoms with van der Waals surface area (Å²) >= 11 is 0. The summed E-state index contributed by atoms with van der Waals surface area (Å²) < 4.78 is 0. The molecular formula is C12H24N2. The second kappa shape index (κ2) is 3.49. The van der Waals surface area contributed by atoms with Gasteiger partial charge in [-0.25, -0.2) is 0 Å². The monoisotopic (exact) mass is 196 g/mol. The first-order chi connectivity index (χ1) is 6.54. The molecule has 1 N–H and O–H groups in total. The Morgan fingerprint density at radius 3 is 2.07 bits per heavy atom. The van der Waals surface area contributed by atoms with Crippen molar-refractivity contribution in [3.05, 3.63) is 0 Å². The molecule has 2 fully saturated rings. The smallest absolute Gasteiger partial charge is 0.0156 e. The van der Waals surface area contributed by atoms with E-state index < -0.39 is 0 Å². The molecule has 1 aliphatic carbocycles. The molecule has 2 nitrogen and oxygen atoms in total. The molecule has 2 atom stereocenters. The molecule has 1 aliphatic heterocycles. The van der Waals surface area contributed by atoms with Gasteiger partial charge in [-0.3, -0.25) is 0 Å². The first-order valence-electron chi connectivity index (χ1n) is 5.97. The normalized spacial score (nSPS) is 43.5. The van der Waals surface area contributed by atoms with Crippen LogP contribution in [0.4, 0.5) is 0 Å². The van der Waals surface area contributed by atoms with E-state index in [0.717, 1.165) is 17.9 Å². The third kappa shape index (κ3) is 1.70. The molecule has 2 heteroatoms. The van der Waals surface area contributed by atoms with Crippen molar-refractivity contribution < 1.29 is 0 Å². The Balaban J connectivity index is 1.96. The van der Waals surface area contributed by atoms with Gasteiger partial charge in [0, 0.05) is 24.7 Å². The number of rotatable bonds is 2. The molecular weight excluding hydrogens is 172 g/mol. The number of hydrogen-bond acceptors (Lipinski definition) is 2. The van der Waals surface area contributed by atoms with E-state index in [2.05, 4.69) is 38.0 Å². The SMILES string of the molecule is CNC1(C)CC2CN(C(C)C)CC2C1. The predicted molar refractivity (Wildman–Crippen MR) is 60.4 cm³/mol. The van der Waals surface area contributed by atoms with Gasteiger partial charge in [-0.1, -0.05) is 0 Å². The van der Waals surface area contributed by atoms with Crippen molar-refractivity contribution in [2.45, 2.75) is 45.2 Å². The minimum Gasteiger partial charge on any atom is -0.315 e. The average molecular weight is 196 g/mol. The van der Waals surface area contributed by atoms with Crippen molar-refractivity contribution in [3.63, 3.8) is 0 Å². The fourth-order valence-electron chi connectivity index (χ4n) is 3.30. The molecule has 0 aromatic carbocycles. The van der Waals surface area contributed by atoms with Crippen molar-refractivity contribution in [2.75, 3.05) is 20.1 Å². The van der Waals surface area contributed by atoms with Crippen LogP contribution in [0.5, 0.6) is 0 Å². The molecule has 1 saturated heterocycles. The van der Waals surface area contributed by atoms with Crippen molar-refractivity contribution in [1.82, 2.24) is 10.2 Å². The van der Waals surface area contributed by atoms with Gasteiger partial charge >= 0.3 is 0 Å². The molecule has 0 aromatic rings. The van der Waals surface area contributed by atoms with Crippen molar-refractivity contribution >= 4 is 0 Å². The molecule has 2 aliphatic rings. The van der Waals surface area contributed by atoms with E-state index in [9.17, 15) is 0 Å². The van der Waals surface area contributed by atoms with Gasteiger partial charge in [0.2, 0.25) is 0 Å². The number of nitrogens with zero attached hydrogens (tertiary/aromatic N) is 1. The van der Waals surface area contributed by atoms with Crippen LogP contribution in [0.25, 0.3) is 0 Å². The van der Waals surface area contributed by atoms with Crippen LogP contribution in [-0.4, -0.2) is 36.6 Å². The Kier molecular flexibility index (Phi) is 2.61. The quantitative estimate of drug-likeness (QED) is 0.723. The summed E-state index contributed by atoms with van der Waals surface area (Å²) in [6.07, 6.45) is 2.74. The van der Waals surface area contributed by atoms with Gasteiger partial charge < -0.3 is 10.2 Å². The van der Waals surface area contributed by atoms with Crippen LogP contribution < -0.4 is 5.32 Å². The molecule has 0 amide bonds. The van der Waals surface area contributed by atoms with Crippen LogP contribution in [0.2, 0.25) is 0 Å². The van der Waals surface area contributed by atoms with Crippen molar-refractivity contribution in [1.29, 1.82) is 0 Å². The number of nitrogens with one attached hydrogen (secondary N) is 1. The molecule has 0 spiro atoms. The third-order valence-corrected chi connectivity index (χ3v) is 4.36. The molecule has 1 saturated carbocycles. The Hall–Kier alpha value is -0.0800. The van der Waals surface area contributed by atoms with Gasteiger partial charge in [0.1, 0.15) is 0 Å². The zero-order valence-corrected chi connectivity index (χ0v) is 10.0. The number of fused-ring (bicyclic) bond motifs is 1. The van der Waals surface area contributed by atoms with E-state index in [0.29, 0.717) is 5.54 Å². The zero-order chi connectivity index (χ0) is 10.3. The Bertz CT molecular complexity index is 198. The minimum atomic E-state index is 0.429. The lowest BCUT2D eigenvalue weighted by Gasteiger charge is -2.28. The molecule has 2 rings (SSSR count). The lowest BCUT2D eigenvalue weighted by Crippen LogP contribution is -2.39. The summed E-state index contributed by atoms with van der Waals surface area (Å²) in [6.45, 7) is 9.68. The first kappa shape index (κ1) is 10.4. The van der Waals surface area contributed by atoms with Crippen LogP contribution in [0, 0.1) is 11.8 Å². The van der Waals surface area contributed by atoms with Gasteiger partial charge in [-0.05, 0) is 52.5 Å². The fraction of sp³-hybridized carbons (Fsp3) is 1.00. The van der Waals surface area contributed by atoms with Crippen molar-refractivity contribution in [3.8, 4) is 0 Å². The standard InChI is InChI=1S/C12H24N2/c1-9(2)14-7-10-5-12(3,13-4)6-11(10)8-14/h9-11,13H,5-8H2,1-4H3. The van der Waals surface area contributed by atoms with Crippen LogP contribution in [0.15, 0.2) is 0 Å². The largest absolute Gasteiger partial charge is 0.315 e. The third-order valence-electron chi connectivity index (χ3n) is 4.36. The highest BCUT2D eigenvalue weighted by atomic mass is 15.2. The second-order valence-corrected chi connectivity index (χ2v) is 5.79. The molecule has 1 heterocycles. The summed E-state index contributed by atoms with van der Waals surface area (Å²) in [7, 11) is 2.11. The topological polar surface area (TPSA) is 15.3 Å². The van der Waals surface area contributed by atoms with E-state index in [1.807, 2.05) is 0 Å². The van der Waals surface area contributed by atoms with Gasteiger partial charge in [-0.15, -0.1) is 0 Å². The Morgan fingerprint density at radius 2 is 1.71 bits per heavy atom. The molecule has 82 valence electrons. The first-order valence-corrected chi connectivity index (χ1v) is 5.97. The van der Waals surface area contributed by atoms with Gasteiger partial charge in [0.25, 0.3) is 0 Å². The van der Waals surface area contributed by atoms with E-state index in [-0.39, 0.29) is 0 Å². The van der Waals surface area contributed by atoms with Crippen LogP contribution >= 0.6 is 0 Å². The predicted octanol–water partition coefficient (Wildman–Crippen LogP) is 1.71. The highest BCUT2D eigenvalue weighted by molar-refractivity contribution is 5.01. The fourth-order valence-corrected chi connectivity index (χ4v) is 3.30. The highest BCUT2D eigenvalue weighted by Crippen LogP contribution is 2.43. The number of hydrogen-bond donors (Lipinski definition) is 1. The summed E-state index contributed by atoms with van der Waals surface area (Å²) in [4.78, 5) is 2.64. The average Bonchev–Trinajstić information content (AvgIpc) is 2.59. The molecule has 0 bridgehead atoms. The van der Waals surface area contributed by atoms with E-state index in [4.69, 9.17) is 0 Å². The number of likely N-dealkylation sites (tertiary alicyclic amines) is 1. The lowest BCUT2D eigenvalue weighted by molar-refractivity contribution is 0.234. The van der Waals surface area contributed by atoms with E-state index in [1.54, 1.807) is 0 Å². The lowest BCUT2D eigenvalue weighted by atomic mass is 9.98. The Morgan fingerprint density at radius 1 is 1.21 bits per heavy atom. The summed E-state index contributed by atoms with van der Waals surface area (Å²) in [5.74, 6) is 1.91. The van der Waals surface area contributed by atoms with Crippen LogP contribution in [0.3, 0.4) is 0 Å². The highest BCUT2D eigenvalue weighted by Gasteiger charge is 2.46. The zero-order valence-electron chi connectivity index (χ0n) is 10.0. The summed E-state index contributed by atoms with van der Waals surface area (Å²) in [5, 5.41) is 3.49. The van der Waals surface area contributed by atoms with Gasteiger partial charge in [0.15, 0.2) is 0 Å². The van der Waals surface area contributed by atoms with Gasteiger partial charge in [-0.2, -0.15) is 0 Å². The molecule has 14 heavy (non-hydrogen) atoms. The van der Waals surface area contributed by atoms with Crippen LogP contribution in [0.1, 0.15) is 33.6 Å². The van der Waals surface area contributed by atoms with Gasteiger partial charge in [0.05, 0.1) is 0 Å². The summed E-state index contributed by atoms with van der Waals surface area (Å²) in [5.41, 5.74) is 0.429. The summed E-state index contributed by atoms with van der Waals surface area (Å²) in [6, 6.07) is 0.737. The van der Waals surface area contributed by atoms with E-state index >= 15 is 0 Å². The maximum absolute atomic E-state index is 3.49. The molecule has 2 unspecified atom stereocenters. The molecule has 0 radical (unpaired) electrons. The van der Waals surface area contributed by atoms with Crippen molar-refractivity contribution in [2.24, 2.45) is 11.8 Å². The maximum atomic E-state index is 3.49. The van der Waals surface area contributed by atoms with E-state index in [1.165, 1.54) is 25.9 Å². The Labute approximate surface area is 88.1 Å².